The molecular formula is C16H13ClO3. The van der Waals surface area contributed by atoms with E-state index in [4.69, 9.17) is 21.1 Å². The predicted octanol–water partition coefficient (Wildman–Crippen LogP) is 4.12. The second-order valence-corrected chi connectivity index (χ2v) is 4.32. The molecule has 0 heterocycles. The van der Waals surface area contributed by atoms with Crippen molar-refractivity contribution in [1.82, 2.24) is 0 Å². The van der Waals surface area contributed by atoms with Crippen LogP contribution in [0.2, 0.25) is 5.02 Å². The zero-order valence-electron chi connectivity index (χ0n) is 10.7. The third-order valence-corrected chi connectivity index (χ3v) is 2.82. The molecule has 0 amide bonds. The maximum absolute atomic E-state index is 12.2. The van der Waals surface area contributed by atoms with Crippen molar-refractivity contribution in [2.24, 2.45) is 0 Å². The van der Waals surface area contributed by atoms with Gasteiger partial charge in [-0.1, -0.05) is 48.5 Å². The Hall–Kier alpha value is -2.26. The van der Waals surface area contributed by atoms with Gasteiger partial charge in [0.25, 0.3) is 0 Å². The van der Waals surface area contributed by atoms with Crippen LogP contribution in [-0.4, -0.2) is 12.6 Å². The first kappa shape index (κ1) is 14.2. The number of carbonyl (C=O) groups is 1. The fraction of sp³-hybridized carbons (Fsp3) is 0.0625. The third-order valence-electron chi connectivity index (χ3n) is 2.50. The molecule has 0 N–H and O–H groups in total. The van der Waals surface area contributed by atoms with E-state index in [0.29, 0.717) is 28.7 Å². The van der Waals surface area contributed by atoms with Crippen molar-refractivity contribution in [2.45, 2.75) is 0 Å². The molecule has 0 bridgehead atoms. The largest absolute Gasteiger partial charge is 0.489 e. The summed E-state index contributed by atoms with van der Waals surface area (Å²) in [4.78, 5) is 12.2. The average Bonchev–Trinajstić information content (AvgIpc) is 2.47. The monoisotopic (exact) mass is 288 g/mol. The summed E-state index contributed by atoms with van der Waals surface area (Å²) < 4.78 is 10.7. The summed E-state index contributed by atoms with van der Waals surface area (Å²) in [5.41, 5.74) is 0.342. The molecule has 4 heteroatoms. The summed E-state index contributed by atoms with van der Waals surface area (Å²) in [6, 6.07) is 13.7. The molecule has 0 aliphatic carbocycles. The summed E-state index contributed by atoms with van der Waals surface area (Å²) in [7, 11) is 0. The molecule has 0 aliphatic rings. The number of carbonyl (C=O) groups excluding carboxylic acids is 1. The van der Waals surface area contributed by atoms with E-state index in [2.05, 4.69) is 6.58 Å². The van der Waals surface area contributed by atoms with Gasteiger partial charge in [-0.25, -0.2) is 4.79 Å². The van der Waals surface area contributed by atoms with Crippen molar-refractivity contribution < 1.29 is 14.3 Å². The Bertz CT molecular complexity index is 623. The first-order valence-corrected chi connectivity index (χ1v) is 6.39. The summed E-state index contributed by atoms with van der Waals surface area (Å²) in [6.07, 6.45) is 1.61. The van der Waals surface area contributed by atoms with Crippen molar-refractivity contribution in [1.29, 1.82) is 0 Å². The third kappa shape index (κ3) is 3.39. The summed E-state index contributed by atoms with van der Waals surface area (Å²) in [6.45, 7) is 3.89. The number of rotatable bonds is 5. The van der Waals surface area contributed by atoms with Crippen LogP contribution in [0.5, 0.6) is 11.5 Å². The van der Waals surface area contributed by atoms with E-state index >= 15 is 0 Å². The van der Waals surface area contributed by atoms with E-state index in [1.807, 2.05) is 0 Å². The van der Waals surface area contributed by atoms with Crippen molar-refractivity contribution in [3.05, 3.63) is 71.8 Å². The van der Waals surface area contributed by atoms with E-state index in [1.165, 1.54) is 0 Å². The minimum Gasteiger partial charge on any atom is -0.489 e. The molecule has 102 valence electrons. The number of para-hydroxylation sites is 2. The van der Waals surface area contributed by atoms with Crippen molar-refractivity contribution >= 4 is 17.6 Å². The smallest absolute Gasteiger partial charge is 0.347 e. The Balaban J connectivity index is 2.21. The molecule has 0 spiro atoms. The Morgan fingerprint density at radius 2 is 1.75 bits per heavy atom. The lowest BCUT2D eigenvalue weighted by molar-refractivity contribution is 0.0731. The second kappa shape index (κ2) is 6.78. The molecule has 2 aromatic carbocycles. The van der Waals surface area contributed by atoms with Crippen LogP contribution >= 0.6 is 11.6 Å². The highest BCUT2D eigenvalue weighted by Gasteiger charge is 2.15. The van der Waals surface area contributed by atoms with Crippen LogP contribution in [0.3, 0.4) is 0 Å². The first-order chi connectivity index (χ1) is 9.72. The normalized spacial score (nSPS) is 9.85. The molecule has 2 rings (SSSR count). The average molecular weight is 289 g/mol. The van der Waals surface area contributed by atoms with E-state index in [-0.39, 0.29) is 0 Å². The molecule has 0 radical (unpaired) electrons. The molecule has 0 aromatic heterocycles. The molecule has 0 unspecified atom stereocenters. The summed E-state index contributed by atoms with van der Waals surface area (Å²) in [5, 5.41) is 0.380. The Labute approximate surface area is 122 Å². The number of hydrogen-bond acceptors (Lipinski definition) is 3. The van der Waals surface area contributed by atoms with Crippen molar-refractivity contribution in [3.8, 4) is 11.5 Å². The van der Waals surface area contributed by atoms with Gasteiger partial charge in [-0.15, -0.1) is 0 Å². The first-order valence-electron chi connectivity index (χ1n) is 6.02. The highest BCUT2D eigenvalue weighted by Crippen LogP contribution is 2.26. The Morgan fingerprint density at radius 1 is 1.10 bits per heavy atom. The molecule has 2 aromatic rings. The minimum atomic E-state index is -0.516. The molecular weight excluding hydrogens is 276 g/mol. The van der Waals surface area contributed by atoms with Gasteiger partial charge in [-0.2, -0.15) is 0 Å². The van der Waals surface area contributed by atoms with Crippen LogP contribution in [0.4, 0.5) is 0 Å². The second-order valence-electron chi connectivity index (χ2n) is 3.92. The number of halogens is 1. The number of esters is 1. The quantitative estimate of drug-likeness (QED) is 0.471. The van der Waals surface area contributed by atoms with Gasteiger partial charge in [0.2, 0.25) is 0 Å². The van der Waals surface area contributed by atoms with Crippen molar-refractivity contribution in [3.63, 3.8) is 0 Å². The van der Waals surface area contributed by atoms with Gasteiger partial charge < -0.3 is 9.47 Å². The number of benzene rings is 2. The van der Waals surface area contributed by atoms with Gasteiger partial charge in [0.1, 0.15) is 23.7 Å². The summed E-state index contributed by atoms with van der Waals surface area (Å²) >= 11 is 5.96. The molecule has 0 atom stereocenters. The Morgan fingerprint density at radius 3 is 2.45 bits per heavy atom. The van der Waals surface area contributed by atoms with Gasteiger partial charge in [-0.05, 0) is 24.3 Å². The van der Waals surface area contributed by atoms with Gasteiger partial charge in [-0.3, -0.25) is 0 Å². The van der Waals surface area contributed by atoms with Gasteiger partial charge >= 0.3 is 5.97 Å². The lowest BCUT2D eigenvalue weighted by Gasteiger charge is -2.10. The van der Waals surface area contributed by atoms with E-state index < -0.39 is 5.97 Å². The molecule has 0 saturated carbocycles. The number of ether oxygens (including phenoxy) is 2. The van der Waals surface area contributed by atoms with Crippen LogP contribution in [0.1, 0.15) is 10.4 Å². The van der Waals surface area contributed by atoms with Gasteiger partial charge in [0, 0.05) is 0 Å². The van der Waals surface area contributed by atoms with Crippen molar-refractivity contribution in [2.75, 3.05) is 6.61 Å². The van der Waals surface area contributed by atoms with Crippen LogP contribution in [0, 0.1) is 0 Å². The molecule has 3 nitrogen and oxygen atoms in total. The number of hydrogen-bond donors (Lipinski definition) is 0. The van der Waals surface area contributed by atoms with E-state index in [1.54, 1.807) is 54.6 Å². The SMILES string of the molecule is C=CCOc1ccccc1C(=O)Oc1ccccc1Cl. The minimum absolute atomic E-state index is 0.316. The predicted molar refractivity (Wildman–Crippen MR) is 78.5 cm³/mol. The van der Waals surface area contributed by atoms with Crippen LogP contribution < -0.4 is 9.47 Å². The van der Waals surface area contributed by atoms with Crippen LogP contribution in [-0.2, 0) is 0 Å². The lowest BCUT2D eigenvalue weighted by atomic mass is 10.2. The highest BCUT2D eigenvalue weighted by molar-refractivity contribution is 6.32. The van der Waals surface area contributed by atoms with Crippen LogP contribution in [0.15, 0.2) is 61.2 Å². The maximum Gasteiger partial charge on any atom is 0.347 e. The fourth-order valence-corrected chi connectivity index (χ4v) is 1.77. The fourth-order valence-electron chi connectivity index (χ4n) is 1.59. The molecule has 0 saturated heterocycles. The Kier molecular flexibility index (Phi) is 4.80. The molecule has 0 aliphatic heterocycles. The van der Waals surface area contributed by atoms with Crippen LogP contribution in [0.25, 0.3) is 0 Å². The zero-order valence-corrected chi connectivity index (χ0v) is 11.5. The molecule has 20 heavy (non-hydrogen) atoms. The highest BCUT2D eigenvalue weighted by atomic mass is 35.5. The molecule has 0 fully saturated rings. The lowest BCUT2D eigenvalue weighted by Crippen LogP contribution is -2.11. The standard InChI is InChI=1S/C16H13ClO3/c1-2-11-19-14-9-5-3-7-12(14)16(18)20-15-10-6-4-8-13(15)17/h2-10H,1,11H2. The maximum atomic E-state index is 12.2. The van der Waals surface area contributed by atoms with Gasteiger partial charge in [0.05, 0.1) is 5.02 Å². The topological polar surface area (TPSA) is 35.5 Å². The zero-order chi connectivity index (χ0) is 14.4. The van der Waals surface area contributed by atoms with Gasteiger partial charge in [0.15, 0.2) is 0 Å². The summed E-state index contributed by atoms with van der Waals surface area (Å²) in [5.74, 6) is 0.250. The van der Waals surface area contributed by atoms with E-state index in [9.17, 15) is 4.79 Å². The van der Waals surface area contributed by atoms with E-state index in [0.717, 1.165) is 0 Å².